The van der Waals surface area contributed by atoms with Crippen molar-refractivity contribution in [3.63, 3.8) is 0 Å². The number of hydrogen-bond donors (Lipinski definition) is 2. The van der Waals surface area contributed by atoms with Crippen molar-refractivity contribution in [2.24, 2.45) is 0 Å². The molecule has 0 radical (unpaired) electrons. The Hall–Kier alpha value is -2.50. The number of rotatable bonds is 3. The van der Waals surface area contributed by atoms with Gasteiger partial charge < -0.3 is 5.32 Å². The Morgan fingerprint density at radius 1 is 1.39 bits per heavy atom. The quantitative estimate of drug-likeness (QED) is 0.384. The summed E-state index contributed by atoms with van der Waals surface area (Å²) in [7, 11) is 1.64. The second-order valence-electron chi connectivity index (χ2n) is 6.27. The van der Waals surface area contributed by atoms with E-state index in [-0.39, 0.29) is 16.3 Å². The molecule has 3 N–H and O–H groups in total. The molecule has 2 aromatic heterocycles. The topological polar surface area (TPSA) is 75.4 Å². The van der Waals surface area contributed by atoms with Crippen molar-refractivity contribution in [1.82, 2.24) is 14.7 Å². The molecule has 2 aromatic rings. The van der Waals surface area contributed by atoms with Crippen LogP contribution < -0.4 is 15.6 Å². The number of amides is 1. The first-order valence-corrected chi connectivity index (χ1v) is 11.7. The fourth-order valence-electron chi connectivity index (χ4n) is 2.61. The van der Waals surface area contributed by atoms with E-state index in [1.54, 1.807) is 24.6 Å². The monoisotopic (exact) mass is 504 g/mol. The number of nitrogens with one attached hydrogen (secondary N) is 1. The van der Waals surface area contributed by atoms with Crippen LogP contribution in [0.3, 0.4) is 0 Å². The number of halogens is 3. The molecule has 0 aromatic carbocycles. The van der Waals surface area contributed by atoms with Gasteiger partial charge in [0.1, 0.15) is 0 Å². The predicted octanol–water partition coefficient (Wildman–Crippen LogP) is 2.45. The number of fused-ring (bicyclic) bond motifs is 1. The van der Waals surface area contributed by atoms with Crippen LogP contribution in [0.2, 0.25) is 0 Å². The molecule has 0 aliphatic carbocycles. The van der Waals surface area contributed by atoms with Gasteiger partial charge in [-0.1, -0.05) is 13.8 Å². The average Bonchev–Trinajstić information content (AvgIpc) is 3.01. The molecule has 1 amide bonds. The van der Waals surface area contributed by atoms with Gasteiger partial charge in [-0.3, -0.25) is 4.79 Å². The van der Waals surface area contributed by atoms with E-state index in [0.29, 0.717) is 17.6 Å². The molecule has 0 saturated carbocycles. The van der Waals surface area contributed by atoms with Gasteiger partial charge >= 0.3 is 95.2 Å². The summed E-state index contributed by atoms with van der Waals surface area (Å²) in [5.74, 6) is 3.28. The summed E-state index contributed by atoms with van der Waals surface area (Å²) >= 11 is -1.57. The number of anilines is 1. The second-order valence-corrected chi connectivity index (χ2v) is 8.48. The molecular formula is C21H29F3N5OSe+. The molecule has 0 saturated heterocycles. The van der Waals surface area contributed by atoms with E-state index in [9.17, 15) is 18.0 Å². The number of aromatic nitrogens is 2. The molecule has 0 spiro atoms. The molecule has 0 bridgehead atoms. The van der Waals surface area contributed by atoms with Crippen molar-refractivity contribution in [2.45, 2.75) is 51.5 Å². The molecule has 0 fully saturated rings. The zero-order valence-electron chi connectivity index (χ0n) is 18.2. The number of carbonyl (C=O) groups is 1. The van der Waals surface area contributed by atoms with Crippen molar-refractivity contribution in [3.05, 3.63) is 24.0 Å². The van der Waals surface area contributed by atoms with Crippen LogP contribution >= 0.6 is 0 Å². The third kappa shape index (κ3) is 9.03. The number of nitrogens with zero attached hydrogens (tertiary/aromatic N) is 3. The van der Waals surface area contributed by atoms with E-state index < -0.39 is 20.0 Å². The number of hydrogen-bond acceptors (Lipinski definition) is 3. The van der Waals surface area contributed by atoms with Gasteiger partial charge in [0.15, 0.2) is 6.21 Å². The van der Waals surface area contributed by atoms with Crippen LogP contribution in [0.25, 0.3) is 5.52 Å². The normalized spacial score (nSPS) is 13.2. The molecule has 0 unspecified atom stereocenters. The SMILES string of the molecule is CC.CNC(=O)C[N+]1=CCCCCC#C1.Cc1cc2c(N)nccn2c1[Se]C(F)(F)F. The average molecular weight is 503 g/mol. The van der Waals surface area contributed by atoms with E-state index >= 15 is 0 Å². The van der Waals surface area contributed by atoms with Gasteiger partial charge in [0.2, 0.25) is 12.6 Å². The van der Waals surface area contributed by atoms with Crippen LogP contribution in [0.1, 0.15) is 45.1 Å². The number of alkyl halides is 3. The fourth-order valence-corrected chi connectivity index (χ4v) is 4.07. The molecule has 31 heavy (non-hydrogen) atoms. The molecular weight excluding hydrogens is 474 g/mol. The second kappa shape index (κ2) is 13.0. The van der Waals surface area contributed by atoms with Gasteiger partial charge in [0.25, 0.3) is 5.91 Å². The summed E-state index contributed by atoms with van der Waals surface area (Å²) in [6.07, 6.45) is 9.20. The van der Waals surface area contributed by atoms with Crippen LogP contribution in [0, 0.1) is 18.9 Å². The molecule has 1 aliphatic rings. The molecule has 3 rings (SSSR count). The minimum atomic E-state index is -4.16. The molecule has 10 heteroatoms. The van der Waals surface area contributed by atoms with E-state index in [0.717, 1.165) is 19.3 Å². The Balaban J connectivity index is 0.000000293. The van der Waals surface area contributed by atoms with Gasteiger partial charge in [-0.15, -0.1) is 4.58 Å². The molecule has 1 aliphatic heterocycles. The van der Waals surface area contributed by atoms with Crippen LogP contribution in [-0.4, -0.2) is 59.7 Å². The molecule has 0 atom stereocenters. The standard InChI is InChI=1S/C10H14N2O.C9H8F3N3Se.C2H6/c1-11-10(13)9-12-7-5-3-2-4-6-8-12;1-5-4-6-7(13)14-2-3-15(6)8(5)16-9(10,11)12;1-2/h7H,2-5,9H2,1H3;2-4H,1H3,(H2,13,14);1-2H3/p+1. The van der Waals surface area contributed by atoms with Crippen LogP contribution in [0.15, 0.2) is 18.5 Å². The van der Waals surface area contributed by atoms with E-state index in [2.05, 4.69) is 22.3 Å². The van der Waals surface area contributed by atoms with E-state index in [1.165, 1.54) is 23.2 Å². The van der Waals surface area contributed by atoms with Gasteiger partial charge in [-0.25, -0.2) is 0 Å². The Kier molecular flexibility index (Phi) is 11.2. The Labute approximate surface area is 187 Å². The summed E-state index contributed by atoms with van der Waals surface area (Å²) in [6.45, 7) is 6.00. The van der Waals surface area contributed by atoms with E-state index in [4.69, 9.17) is 5.73 Å². The molecule has 170 valence electrons. The van der Waals surface area contributed by atoms with Gasteiger partial charge in [0, 0.05) is 19.9 Å². The number of nitrogen functional groups attached to an aromatic ring is 1. The fraction of sp³-hybridized carbons (Fsp3) is 0.476. The zero-order valence-corrected chi connectivity index (χ0v) is 19.9. The van der Waals surface area contributed by atoms with Crippen LogP contribution in [-0.2, 0) is 4.79 Å². The van der Waals surface area contributed by atoms with Crippen molar-refractivity contribution >= 4 is 43.0 Å². The van der Waals surface area contributed by atoms with Gasteiger partial charge in [0.05, 0.1) is 0 Å². The first-order chi connectivity index (χ1) is 14.7. The Morgan fingerprint density at radius 3 is 2.74 bits per heavy atom. The summed E-state index contributed by atoms with van der Waals surface area (Å²) in [5, 5.41) is -1.58. The predicted molar refractivity (Wildman–Crippen MR) is 119 cm³/mol. The van der Waals surface area contributed by atoms with Crippen molar-refractivity contribution in [1.29, 1.82) is 0 Å². The summed E-state index contributed by atoms with van der Waals surface area (Å²) in [6, 6.07) is 4.58. The number of likely N-dealkylation sites (N-methyl/N-ethyl adjacent to an activating group) is 1. The number of aryl methyl sites for hydroxylation is 1. The van der Waals surface area contributed by atoms with Crippen molar-refractivity contribution in [2.75, 3.05) is 19.3 Å². The van der Waals surface area contributed by atoms with Crippen molar-refractivity contribution < 1.29 is 22.5 Å². The van der Waals surface area contributed by atoms with Crippen LogP contribution in [0.5, 0.6) is 0 Å². The maximum absolute atomic E-state index is 12.4. The zero-order chi connectivity index (χ0) is 23.4. The first-order valence-electron chi connectivity index (χ1n) is 9.98. The third-order valence-electron chi connectivity index (χ3n) is 3.99. The summed E-state index contributed by atoms with van der Waals surface area (Å²) < 4.78 is 40.7. The third-order valence-corrected chi connectivity index (χ3v) is 5.97. The maximum atomic E-state index is 12.4. The first kappa shape index (κ1) is 26.5. The number of carbonyl (C=O) groups excluding carboxylic acids is 1. The molecule has 3 heterocycles. The Morgan fingerprint density at radius 2 is 2.10 bits per heavy atom. The Bertz CT molecular complexity index is 958. The van der Waals surface area contributed by atoms with Crippen LogP contribution in [0.4, 0.5) is 19.0 Å². The van der Waals surface area contributed by atoms with E-state index in [1.807, 2.05) is 20.1 Å². The van der Waals surface area contributed by atoms with Gasteiger partial charge in [-0.2, -0.15) is 0 Å². The number of nitrogens with two attached hydrogens (primary N) is 1. The molecule has 6 nitrogen and oxygen atoms in total. The van der Waals surface area contributed by atoms with Crippen molar-refractivity contribution in [3.8, 4) is 12.0 Å². The summed E-state index contributed by atoms with van der Waals surface area (Å²) in [4.78, 5) is 14.9. The minimum absolute atomic E-state index is 0.00567. The summed E-state index contributed by atoms with van der Waals surface area (Å²) in [5.41, 5.74) is 6.72. The van der Waals surface area contributed by atoms with Gasteiger partial charge in [-0.05, 0) is 18.8 Å².